The quantitative estimate of drug-likeness (QED) is 0.290. The van der Waals surface area contributed by atoms with E-state index in [1.165, 1.54) is 0 Å². The number of nitrogens with one attached hydrogen (secondary N) is 1. The van der Waals surface area contributed by atoms with Gasteiger partial charge >= 0.3 is 0 Å². The second-order valence-corrected chi connectivity index (χ2v) is 8.94. The lowest BCUT2D eigenvalue weighted by molar-refractivity contribution is 0.0953. The zero-order valence-electron chi connectivity index (χ0n) is 20.6. The number of aromatic nitrogens is 1. The second kappa shape index (κ2) is 9.79. The molecule has 2 heterocycles. The van der Waals surface area contributed by atoms with Gasteiger partial charge in [0.25, 0.3) is 11.8 Å². The lowest BCUT2D eigenvalue weighted by atomic mass is 10.1. The van der Waals surface area contributed by atoms with E-state index in [9.17, 15) is 9.59 Å². The van der Waals surface area contributed by atoms with Crippen molar-refractivity contribution in [2.45, 2.75) is 26.9 Å². The van der Waals surface area contributed by atoms with Gasteiger partial charge in [0.05, 0.1) is 25.1 Å². The zero-order chi connectivity index (χ0) is 25.2. The third-order valence-corrected chi connectivity index (χ3v) is 6.71. The van der Waals surface area contributed by atoms with Crippen molar-refractivity contribution in [3.05, 3.63) is 100 Å². The van der Waals surface area contributed by atoms with Crippen LogP contribution in [0.2, 0.25) is 0 Å². The Morgan fingerprint density at radius 3 is 2.56 bits per heavy atom. The molecule has 0 unspecified atom stereocenters. The summed E-state index contributed by atoms with van der Waals surface area (Å²) >= 11 is 0. The minimum atomic E-state index is -0.291. The molecule has 1 aliphatic rings. The fraction of sp³-hybridized carbons (Fsp3) is 0.207. The molecule has 5 rings (SSSR count). The molecule has 0 fully saturated rings. The van der Waals surface area contributed by atoms with Gasteiger partial charge in [-0.05, 0) is 55.1 Å². The summed E-state index contributed by atoms with van der Waals surface area (Å²) in [6, 6.07) is 21.1. The van der Waals surface area contributed by atoms with Crippen LogP contribution in [0.25, 0.3) is 10.8 Å². The fourth-order valence-electron chi connectivity index (χ4n) is 4.79. The van der Waals surface area contributed by atoms with Gasteiger partial charge in [-0.2, -0.15) is 5.10 Å². The van der Waals surface area contributed by atoms with Crippen molar-refractivity contribution in [3.8, 4) is 0 Å². The number of amides is 2. The number of aryl methyl sites for hydroxylation is 1. The van der Waals surface area contributed by atoms with Gasteiger partial charge in [-0.3, -0.25) is 9.59 Å². The molecule has 0 atom stereocenters. The molecule has 0 saturated heterocycles. The van der Waals surface area contributed by atoms with Crippen molar-refractivity contribution in [2.75, 3.05) is 18.6 Å². The highest BCUT2D eigenvalue weighted by atomic mass is 16.5. The largest absolute Gasteiger partial charge is 0.383 e. The number of hydrogen-bond donors (Lipinski definition) is 1. The Bertz CT molecular complexity index is 1480. The fourth-order valence-corrected chi connectivity index (χ4v) is 4.79. The van der Waals surface area contributed by atoms with E-state index < -0.39 is 0 Å². The van der Waals surface area contributed by atoms with E-state index >= 15 is 0 Å². The molecule has 1 N–H and O–H groups in total. The number of rotatable bonds is 8. The number of hydrogen-bond acceptors (Lipinski definition) is 4. The highest BCUT2D eigenvalue weighted by molar-refractivity contribution is 6.24. The summed E-state index contributed by atoms with van der Waals surface area (Å²) < 4.78 is 7.34. The Labute approximate surface area is 210 Å². The average Bonchev–Trinajstić information content (AvgIpc) is 3.32. The van der Waals surface area contributed by atoms with Crippen LogP contribution in [0.1, 0.15) is 43.2 Å². The molecule has 0 spiro atoms. The van der Waals surface area contributed by atoms with Crippen LogP contribution in [-0.2, 0) is 17.8 Å². The van der Waals surface area contributed by atoms with Crippen LogP contribution >= 0.6 is 0 Å². The summed E-state index contributed by atoms with van der Waals surface area (Å²) in [6.45, 7) is 5.90. The Balaban J connectivity index is 1.24. The van der Waals surface area contributed by atoms with E-state index in [1.807, 2.05) is 68.4 Å². The normalized spacial score (nSPS) is 12.8. The van der Waals surface area contributed by atoms with Gasteiger partial charge in [-0.25, -0.2) is 5.43 Å². The molecule has 36 heavy (non-hydrogen) atoms. The van der Waals surface area contributed by atoms with Crippen molar-refractivity contribution < 1.29 is 14.3 Å². The molecule has 0 saturated carbocycles. The first-order valence-corrected chi connectivity index (χ1v) is 11.9. The first-order valence-electron chi connectivity index (χ1n) is 11.9. The van der Waals surface area contributed by atoms with Gasteiger partial charge in [-0.1, -0.05) is 36.4 Å². The van der Waals surface area contributed by atoms with Crippen molar-refractivity contribution >= 4 is 34.5 Å². The summed E-state index contributed by atoms with van der Waals surface area (Å²) in [5, 5.41) is 6.21. The van der Waals surface area contributed by atoms with Crippen LogP contribution in [0.4, 0.5) is 5.69 Å². The maximum absolute atomic E-state index is 13.0. The predicted octanol–water partition coefficient (Wildman–Crippen LogP) is 4.83. The summed E-state index contributed by atoms with van der Waals surface area (Å²) in [4.78, 5) is 27.4. The lowest BCUT2D eigenvalue weighted by Crippen LogP contribution is -2.26. The molecule has 1 aliphatic heterocycles. The molecule has 1 aromatic heterocycles. The van der Waals surface area contributed by atoms with E-state index in [0.29, 0.717) is 18.7 Å². The van der Waals surface area contributed by atoms with Gasteiger partial charge in [0.2, 0.25) is 0 Å². The van der Waals surface area contributed by atoms with Crippen molar-refractivity contribution in [1.29, 1.82) is 0 Å². The van der Waals surface area contributed by atoms with Crippen molar-refractivity contribution in [3.63, 3.8) is 0 Å². The summed E-state index contributed by atoms with van der Waals surface area (Å²) in [7, 11) is 1.68. The predicted molar refractivity (Wildman–Crippen MR) is 142 cm³/mol. The van der Waals surface area contributed by atoms with Gasteiger partial charge < -0.3 is 14.2 Å². The van der Waals surface area contributed by atoms with Crippen LogP contribution in [0, 0.1) is 13.8 Å². The van der Waals surface area contributed by atoms with Crippen LogP contribution in [0.15, 0.2) is 71.8 Å². The summed E-state index contributed by atoms with van der Waals surface area (Å²) in [5.41, 5.74) is 8.83. The van der Waals surface area contributed by atoms with Gasteiger partial charge in [0.1, 0.15) is 0 Å². The van der Waals surface area contributed by atoms with Crippen LogP contribution in [0.5, 0.6) is 0 Å². The Morgan fingerprint density at radius 2 is 1.81 bits per heavy atom. The number of hydrazone groups is 1. The highest BCUT2D eigenvalue weighted by Gasteiger charge is 2.29. The van der Waals surface area contributed by atoms with E-state index in [2.05, 4.69) is 15.1 Å². The van der Waals surface area contributed by atoms with E-state index in [0.717, 1.165) is 51.1 Å². The molecular weight excluding hydrogens is 452 g/mol. The number of methoxy groups -OCH3 is 1. The molecule has 3 aromatic carbocycles. The third kappa shape index (κ3) is 4.29. The number of benzene rings is 3. The van der Waals surface area contributed by atoms with Gasteiger partial charge in [-0.15, -0.1) is 0 Å². The molecule has 7 nitrogen and oxygen atoms in total. The van der Waals surface area contributed by atoms with E-state index in [1.54, 1.807) is 30.4 Å². The molecule has 0 aliphatic carbocycles. The second-order valence-electron chi connectivity index (χ2n) is 8.94. The maximum Gasteiger partial charge on any atom is 0.271 e. The lowest BCUT2D eigenvalue weighted by Gasteiger charge is -2.18. The van der Waals surface area contributed by atoms with E-state index in [-0.39, 0.29) is 11.8 Å². The maximum atomic E-state index is 13.0. The molecule has 7 heteroatoms. The van der Waals surface area contributed by atoms with E-state index in [4.69, 9.17) is 4.74 Å². The number of carbonyl (C=O) groups excluding carboxylic acids is 2. The first kappa shape index (κ1) is 23.5. The first-order chi connectivity index (χ1) is 17.5. The Hall–Kier alpha value is -4.23. The molecule has 0 radical (unpaired) electrons. The van der Waals surface area contributed by atoms with Crippen LogP contribution in [-0.4, -0.2) is 36.3 Å². The highest BCUT2D eigenvalue weighted by Crippen LogP contribution is 2.37. The molecular formula is C29H28N4O3. The summed E-state index contributed by atoms with van der Waals surface area (Å²) in [5.74, 6) is -0.292. The Kier molecular flexibility index (Phi) is 6.40. The molecule has 2 amide bonds. The standard InChI is InChI=1S/C29H28N4O3/c1-19-16-24(20(2)32(19)14-15-36-3)17-30-31-28(34)23-12-10-21(11-13-23)18-33-26-9-5-7-22-6-4-8-25(27(22)26)29(33)35/h4-13,16-17H,14-15,18H2,1-3H3,(H,31,34). The monoisotopic (exact) mass is 480 g/mol. The number of anilines is 1. The zero-order valence-corrected chi connectivity index (χ0v) is 20.6. The average molecular weight is 481 g/mol. The number of carbonyl (C=O) groups is 2. The third-order valence-electron chi connectivity index (χ3n) is 6.71. The van der Waals surface area contributed by atoms with Gasteiger partial charge in [0.15, 0.2) is 0 Å². The van der Waals surface area contributed by atoms with Crippen molar-refractivity contribution in [1.82, 2.24) is 9.99 Å². The minimum absolute atomic E-state index is 0.000426. The topological polar surface area (TPSA) is 75.9 Å². The van der Waals surface area contributed by atoms with Crippen LogP contribution < -0.4 is 10.3 Å². The summed E-state index contributed by atoms with van der Waals surface area (Å²) in [6.07, 6.45) is 1.66. The minimum Gasteiger partial charge on any atom is -0.383 e. The molecule has 182 valence electrons. The smallest absolute Gasteiger partial charge is 0.271 e. The van der Waals surface area contributed by atoms with Crippen LogP contribution in [0.3, 0.4) is 0 Å². The van der Waals surface area contributed by atoms with Crippen molar-refractivity contribution in [2.24, 2.45) is 5.10 Å². The molecule has 0 bridgehead atoms. The number of ether oxygens (including phenoxy) is 1. The Morgan fingerprint density at radius 1 is 1.06 bits per heavy atom. The molecule has 4 aromatic rings. The SMILES string of the molecule is COCCn1c(C)cc(C=NNC(=O)c2ccc(CN3C(=O)c4cccc5cccc3c45)cc2)c1C. The van der Waals surface area contributed by atoms with Gasteiger partial charge in [0, 0.05) is 47.1 Å². The number of nitrogens with zero attached hydrogens (tertiary/aromatic N) is 3.